The van der Waals surface area contributed by atoms with E-state index in [0.717, 1.165) is 4.90 Å². The minimum absolute atomic E-state index is 0.159. The van der Waals surface area contributed by atoms with Gasteiger partial charge in [-0.05, 0) is 35.9 Å². The second-order valence-corrected chi connectivity index (χ2v) is 6.85. The fraction of sp³-hybridized carbons (Fsp3) is 0.150. The molecule has 9 heteroatoms. The number of nitrogens with two attached hydrogens (primary N) is 1. The summed E-state index contributed by atoms with van der Waals surface area (Å²) in [7, 11) is 1.38. The standard InChI is InChI=1S/C20H17ClN4O4/c1-25-19(28)14-4-2-3-11(18(14)20(25)29)9-16(26)24-15(22)10-17(27)23-13-7-5-12(21)6-8-13/h2-8H,9-10H2,1H3,(H,23,27)(H2,22,24,26). The van der Waals surface area contributed by atoms with Crippen LogP contribution in [0.4, 0.5) is 5.69 Å². The first-order valence-corrected chi connectivity index (χ1v) is 8.99. The molecule has 0 fully saturated rings. The predicted molar refractivity (Wildman–Crippen MR) is 108 cm³/mol. The molecule has 1 heterocycles. The van der Waals surface area contributed by atoms with Crippen molar-refractivity contribution in [2.24, 2.45) is 10.7 Å². The van der Waals surface area contributed by atoms with E-state index in [4.69, 9.17) is 17.3 Å². The highest BCUT2D eigenvalue weighted by atomic mass is 35.5. The first-order chi connectivity index (χ1) is 13.8. The number of hydrogen-bond donors (Lipinski definition) is 2. The number of carbonyl (C=O) groups is 4. The lowest BCUT2D eigenvalue weighted by molar-refractivity contribution is -0.117. The Bertz CT molecular complexity index is 1050. The average molecular weight is 413 g/mol. The van der Waals surface area contributed by atoms with Gasteiger partial charge in [0, 0.05) is 17.8 Å². The molecule has 2 aromatic carbocycles. The quantitative estimate of drug-likeness (QED) is 0.442. The first kappa shape index (κ1) is 20.2. The van der Waals surface area contributed by atoms with E-state index >= 15 is 0 Å². The molecule has 0 saturated heterocycles. The fourth-order valence-electron chi connectivity index (χ4n) is 2.92. The number of fused-ring (bicyclic) bond motifs is 1. The third-order valence-electron chi connectivity index (χ3n) is 4.28. The zero-order valence-corrected chi connectivity index (χ0v) is 16.2. The summed E-state index contributed by atoms with van der Waals surface area (Å²) in [6.07, 6.45) is -0.489. The number of benzene rings is 2. The van der Waals surface area contributed by atoms with Crippen LogP contribution in [0, 0.1) is 0 Å². The van der Waals surface area contributed by atoms with Crippen molar-refractivity contribution in [3.8, 4) is 0 Å². The number of imide groups is 1. The Morgan fingerprint density at radius 2 is 1.79 bits per heavy atom. The first-order valence-electron chi connectivity index (χ1n) is 8.62. The van der Waals surface area contributed by atoms with E-state index < -0.39 is 23.6 Å². The zero-order valence-electron chi connectivity index (χ0n) is 15.4. The van der Waals surface area contributed by atoms with Gasteiger partial charge in [0.1, 0.15) is 5.84 Å². The Balaban J connectivity index is 1.65. The lowest BCUT2D eigenvalue weighted by Gasteiger charge is -2.06. The highest BCUT2D eigenvalue weighted by molar-refractivity contribution is 6.30. The lowest BCUT2D eigenvalue weighted by atomic mass is 10.00. The van der Waals surface area contributed by atoms with Crippen LogP contribution in [0.25, 0.3) is 0 Å². The molecule has 8 nitrogen and oxygen atoms in total. The van der Waals surface area contributed by atoms with Crippen LogP contribution in [0.2, 0.25) is 5.02 Å². The molecule has 1 aliphatic heterocycles. The molecule has 4 amide bonds. The van der Waals surface area contributed by atoms with E-state index in [0.29, 0.717) is 16.3 Å². The molecule has 0 atom stereocenters. The smallest absolute Gasteiger partial charge is 0.261 e. The number of anilines is 1. The monoisotopic (exact) mass is 412 g/mol. The second-order valence-electron chi connectivity index (χ2n) is 6.41. The van der Waals surface area contributed by atoms with Crippen LogP contribution < -0.4 is 11.1 Å². The Morgan fingerprint density at radius 3 is 2.48 bits per heavy atom. The number of carbonyl (C=O) groups excluding carboxylic acids is 4. The minimum atomic E-state index is -0.620. The van der Waals surface area contributed by atoms with Crippen LogP contribution in [-0.2, 0) is 16.0 Å². The van der Waals surface area contributed by atoms with Crippen molar-refractivity contribution in [2.45, 2.75) is 12.8 Å². The Labute approximate surface area is 171 Å². The zero-order chi connectivity index (χ0) is 21.1. The van der Waals surface area contributed by atoms with Crippen LogP contribution in [0.3, 0.4) is 0 Å². The van der Waals surface area contributed by atoms with E-state index in [1.807, 2.05) is 0 Å². The molecule has 0 aliphatic carbocycles. The summed E-state index contributed by atoms with van der Waals surface area (Å²) in [5.41, 5.74) is 7.08. The van der Waals surface area contributed by atoms with Crippen molar-refractivity contribution in [1.29, 1.82) is 0 Å². The van der Waals surface area contributed by atoms with Gasteiger partial charge in [0.05, 0.1) is 24.0 Å². The van der Waals surface area contributed by atoms with Crippen molar-refractivity contribution in [1.82, 2.24) is 4.90 Å². The molecule has 0 unspecified atom stereocenters. The molecule has 3 N–H and O–H groups in total. The van der Waals surface area contributed by atoms with Crippen molar-refractivity contribution in [3.05, 3.63) is 64.2 Å². The van der Waals surface area contributed by atoms with Gasteiger partial charge in [-0.1, -0.05) is 23.7 Å². The summed E-state index contributed by atoms with van der Waals surface area (Å²) in [6, 6.07) is 11.2. The molecule has 2 aromatic rings. The van der Waals surface area contributed by atoms with Gasteiger partial charge in [-0.15, -0.1) is 0 Å². The maximum Gasteiger partial charge on any atom is 0.261 e. The average Bonchev–Trinajstić information content (AvgIpc) is 2.88. The lowest BCUT2D eigenvalue weighted by Crippen LogP contribution is -2.25. The number of rotatable bonds is 5. The van der Waals surface area contributed by atoms with Crippen molar-refractivity contribution in [3.63, 3.8) is 0 Å². The number of nitrogens with zero attached hydrogens (tertiary/aromatic N) is 2. The molecule has 148 valence electrons. The Hall–Kier alpha value is -3.52. The molecular formula is C20H17ClN4O4. The summed E-state index contributed by atoms with van der Waals surface area (Å²) in [6.45, 7) is 0. The van der Waals surface area contributed by atoms with Gasteiger partial charge < -0.3 is 11.1 Å². The molecule has 0 bridgehead atoms. The molecule has 1 aliphatic rings. The van der Waals surface area contributed by atoms with E-state index in [-0.39, 0.29) is 29.8 Å². The van der Waals surface area contributed by atoms with E-state index in [1.54, 1.807) is 36.4 Å². The van der Waals surface area contributed by atoms with Crippen LogP contribution >= 0.6 is 11.6 Å². The summed E-state index contributed by atoms with van der Waals surface area (Å²) >= 11 is 5.78. The Kier molecular flexibility index (Phi) is 5.74. The van der Waals surface area contributed by atoms with E-state index in [9.17, 15) is 19.2 Å². The predicted octanol–water partition coefficient (Wildman–Crippen LogP) is 2.02. The molecule has 3 rings (SSSR count). The van der Waals surface area contributed by atoms with Gasteiger partial charge in [-0.2, -0.15) is 4.99 Å². The van der Waals surface area contributed by atoms with Gasteiger partial charge in [0.25, 0.3) is 17.7 Å². The van der Waals surface area contributed by atoms with Gasteiger partial charge in [0.15, 0.2) is 0 Å². The van der Waals surface area contributed by atoms with E-state index in [1.165, 1.54) is 13.1 Å². The normalized spacial score (nSPS) is 13.4. The molecule has 0 saturated carbocycles. The summed E-state index contributed by atoms with van der Waals surface area (Å²) < 4.78 is 0. The third-order valence-corrected chi connectivity index (χ3v) is 4.54. The molecule has 0 radical (unpaired) electrons. The highest BCUT2D eigenvalue weighted by Gasteiger charge is 2.34. The maximum atomic E-state index is 12.2. The molecular weight excluding hydrogens is 396 g/mol. The number of nitrogens with one attached hydrogen (secondary N) is 1. The molecule has 0 spiro atoms. The summed E-state index contributed by atoms with van der Waals surface area (Å²) in [5.74, 6) is -2.10. The third kappa shape index (κ3) is 4.49. The summed E-state index contributed by atoms with van der Waals surface area (Å²) in [5, 5.41) is 3.15. The van der Waals surface area contributed by atoms with Crippen LogP contribution in [0.1, 0.15) is 32.7 Å². The van der Waals surface area contributed by atoms with Crippen molar-refractivity contribution >= 4 is 46.8 Å². The fourth-order valence-corrected chi connectivity index (χ4v) is 3.05. The maximum absolute atomic E-state index is 12.2. The Morgan fingerprint density at radius 1 is 1.10 bits per heavy atom. The van der Waals surface area contributed by atoms with Gasteiger partial charge in [0.2, 0.25) is 5.91 Å². The second kappa shape index (κ2) is 8.24. The van der Waals surface area contributed by atoms with Crippen LogP contribution in [0.15, 0.2) is 47.5 Å². The van der Waals surface area contributed by atoms with Crippen molar-refractivity contribution < 1.29 is 19.2 Å². The molecule has 0 aromatic heterocycles. The van der Waals surface area contributed by atoms with Crippen LogP contribution in [0.5, 0.6) is 0 Å². The topological polar surface area (TPSA) is 122 Å². The van der Waals surface area contributed by atoms with Crippen molar-refractivity contribution in [2.75, 3.05) is 12.4 Å². The number of amidine groups is 1. The number of amides is 4. The number of halogens is 1. The van der Waals surface area contributed by atoms with E-state index in [2.05, 4.69) is 10.3 Å². The molecule has 29 heavy (non-hydrogen) atoms. The van der Waals surface area contributed by atoms with Crippen LogP contribution in [-0.4, -0.2) is 41.4 Å². The number of aliphatic imine (C=N–C) groups is 1. The SMILES string of the molecule is CN1C(=O)c2cccc(CC(=O)N=C(N)CC(=O)Nc3ccc(Cl)cc3)c2C1=O. The van der Waals surface area contributed by atoms with Gasteiger partial charge in [-0.25, -0.2) is 0 Å². The van der Waals surface area contributed by atoms with Gasteiger partial charge in [-0.3, -0.25) is 24.1 Å². The number of hydrogen-bond acceptors (Lipinski definition) is 4. The highest BCUT2D eigenvalue weighted by Crippen LogP contribution is 2.25. The summed E-state index contributed by atoms with van der Waals surface area (Å²) in [4.78, 5) is 53.3. The largest absolute Gasteiger partial charge is 0.387 e. The van der Waals surface area contributed by atoms with Gasteiger partial charge >= 0.3 is 0 Å². The minimum Gasteiger partial charge on any atom is -0.387 e.